The first-order valence-corrected chi connectivity index (χ1v) is 29.3. The minimum absolute atomic E-state index is 0. The monoisotopic (exact) mass is 903 g/mol. The number of hydrogen-bond donors (Lipinski definition) is 0. The van der Waals surface area contributed by atoms with Crippen LogP contribution in [0.2, 0.25) is 0 Å². The van der Waals surface area contributed by atoms with E-state index in [0.717, 1.165) is 39.3 Å². The maximum absolute atomic E-state index is 3.25. The average molecular weight is 903 g/mol. The van der Waals surface area contributed by atoms with Gasteiger partial charge in [0, 0.05) is 39.3 Å². The van der Waals surface area contributed by atoms with Crippen molar-refractivity contribution in [3.63, 3.8) is 0 Å². The van der Waals surface area contributed by atoms with Gasteiger partial charge >= 0.3 is 37.7 Å². The Kier molecular flexibility index (Phi) is 21.3. The molecule has 0 aromatic heterocycles. The van der Waals surface area contributed by atoms with Gasteiger partial charge < -0.3 is 29.4 Å². The minimum atomic E-state index is -3.25. The second-order valence-corrected chi connectivity index (χ2v) is 34.1. The fraction of sp³-hybridized carbons (Fsp3) is 0.333. The molecule has 0 fully saturated rings. The SMILES string of the molecule is CN(C)Cc1ccccc1[Si-](c1ccccc1CN(C)C)[Si](c1ccccc1CN(C)C)(c1ccccc1CN(C)C)[Si-](c1ccccc1CN(C)C)c1ccccc1CN(C)C.[Li+].[Li+]. The van der Waals surface area contributed by atoms with Gasteiger partial charge in [-0.15, -0.1) is 17.5 Å². The molecule has 0 spiro atoms. The van der Waals surface area contributed by atoms with Crippen LogP contribution in [-0.4, -0.2) is 138 Å². The topological polar surface area (TPSA) is 19.4 Å². The molecule has 0 atom stereocenters. The molecule has 332 valence electrons. The van der Waals surface area contributed by atoms with Crippen molar-refractivity contribution in [2.45, 2.75) is 39.3 Å². The fourth-order valence-electron chi connectivity index (χ4n) is 9.61. The van der Waals surface area contributed by atoms with Crippen LogP contribution in [0.3, 0.4) is 0 Å². The van der Waals surface area contributed by atoms with Crippen LogP contribution >= 0.6 is 0 Å². The van der Waals surface area contributed by atoms with E-state index in [1.807, 2.05) is 0 Å². The second kappa shape index (κ2) is 25.3. The first-order valence-electron chi connectivity index (χ1n) is 22.3. The summed E-state index contributed by atoms with van der Waals surface area (Å²) in [5.41, 5.74) is 8.65. The van der Waals surface area contributed by atoms with Crippen LogP contribution in [0.1, 0.15) is 33.4 Å². The van der Waals surface area contributed by atoms with Crippen LogP contribution in [0.4, 0.5) is 0 Å². The second-order valence-electron chi connectivity index (χ2n) is 18.9. The summed E-state index contributed by atoms with van der Waals surface area (Å²) in [7, 11) is 20.0. The molecule has 0 radical (unpaired) electrons. The zero-order valence-corrected chi connectivity index (χ0v) is 45.3. The van der Waals surface area contributed by atoms with Crippen molar-refractivity contribution in [3.8, 4) is 0 Å². The molecule has 0 aliphatic rings. The third-order valence-corrected chi connectivity index (χ3v) is 35.3. The van der Waals surface area contributed by atoms with E-state index in [2.05, 4.69) is 260 Å². The molecule has 0 N–H and O–H groups in total. The maximum Gasteiger partial charge on any atom is 1.00 e. The Hall–Kier alpha value is -3.07. The van der Waals surface area contributed by atoms with Crippen LogP contribution in [-0.2, 0) is 39.3 Å². The number of hydrogen-bond acceptors (Lipinski definition) is 6. The molecule has 0 aliphatic heterocycles. The van der Waals surface area contributed by atoms with Gasteiger partial charge in [-0.25, -0.2) is 0 Å². The van der Waals surface area contributed by atoms with Crippen LogP contribution < -0.4 is 68.8 Å². The molecule has 0 heterocycles. The quantitative estimate of drug-likeness (QED) is 0.0857. The third-order valence-electron chi connectivity index (χ3n) is 11.7. The first-order chi connectivity index (χ1) is 30.2. The summed E-state index contributed by atoms with van der Waals surface area (Å²) >= 11 is 0. The minimum Gasteiger partial charge on any atom is -0.305 e. The zero-order valence-electron chi connectivity index (χ0n) is 42.3. The molecule has 11 heteroatoms. The number of nitrogens with zero attached hydrogens (tertiary/aromatic N) is 6. The van der Waals surface area contributed by atoms with Gasteiger partial charge in [-0.2, -0.15) is 20.7 Å². The van der Waals surface area contributed by atoms with Gasteiger partial charge in [0.15, 0.2) is 0 Å². The predicted octanol–water partition coefficient (Wildman–Crippen LogP) is -1.60. The standard InChI is InChI=1S/C54H72N6Si3.2Li/c1-55(2)37-43-25-13-19-31-49(43)61(50-32-20-14-26-44(50)38-56(3)4)63(53-35-23-17-29-47(53)41-59(9)10,54-36-24-18-30-48(54)42-60(11)12)62(51-33-21-15-27-45(51)39-57(5)6)52-34-22-16-28-46(52)40-58(7)8;;/h13-36H,37-42H2,1-12H3;;/q-2;2*+1. The fourth-order valence-corrected chi connectivity index (χ4v) is 40.2. The molecule has 6 nitrogen and oxygen atoms in total. The van der Waals surface area contributed by atoms with E-state index < -0.39 is 23.7 Å². The van der Waals surface area contributed by atoms with E-state index in [0.29, 0.717) is 0 Å². The molecule has 0 saturated heterocycles. The molecule has 0 aliphatic carbocycles. The predicted molar refractivity (Wildman–Crippen MR) is 278 cm³/mol. The summed E-state index contributed by atoms with van der Waals surface area (Å²) in [5.74, 6) is 0. The Morgan fingerprint density at radius 3 is 0.692 bits per heavy atom. The summed E-state index contributed by atoms with van der Waals surface area (Å²) in [4.78, 5) is 14.3. The number of rotatable bonds is 20. The van der Waals surface area contributed by atoms with Gasteiger partial charge in [-0.1, -0.05) is 168 Å². The zero-order chi connectivity index (χ0) is 45.3. The van der Waals surface area contributed by atoms with E-state index in [4.69, 9.17) is 0 Å². The summed E-state index contributed by atoms with van der Waals surface area (Å²) in [6, 6.07) is 58.0. The van der Waals surface area contributed by atoms with Gasteiger partial charge in [-0.3, -0.25) is 16.6 Å². The Bertz CT molecular complexity index is 2130. The summed E-state index contributed by atoms with van der Waals surface area (Å²) in [6.07, 6.45) is 0. The average Bonchev–Trinajstić information content (AvgIpc) is 3.22. The van der Waals surface area contributed by atoms with Crippen molar-refractivity contribution in [2.24, 2.45) is 0 Å². The van der Waals surface area contributed by atoms with Gasteiger partial charge in [0.25, 0.3) is 0 Å². The molecule has 6 rings (SSSR count). The van der Waals surface area contributed by atoms with Gasteiger partial charge in [0.05, 0.1) is 0 Å². The van der Waals surface area contributed by atoms with Crippen LogP contribution in [0.5, 0.6) is 0 Å². The normalized spacial score (nSPS) is 11.7. The van der Waals surface area contributed by atoms with Gasteiger partial charge in [0.2, 0.25) is 0 Å². The molecular weight excluding hydrogens is 831 g/mol. The molecule has 6 aromatic carbocycles. The maximum atomic E-state index is 2.61. The van der Waals surface area contributed by atoms with Crippen molar-refractivity contribution in [2.75, 3.05) is 84.6 Å². The largest absolute Gasteiger partial charge is 1.00 e. The summed E-state index contributed by atoms with van der Waals surface area (Å²) < 4.78 is 0. The summed E-state index contributed by atoms with van der Waals surface area (Å²) in [5, 5.41) is 9.37. The Morgan fingerprint density at radius 2 is 0.462 bits per heavy atom. The molecule has 0 amide bonds. The first kappa shape index (κ1) is 54.5. The van der Waals surface area contributed by atoms with Crippen LogP contribution in [0.15, 0.2) is 146 Å². The molecule has 6 aromatic rings. The van der Waals surface area contributed by atoms with Crippen LogP contribution in [0, 0.1) is 0 Å². The van der Waals surface area contributed by atoms with Gasteiger partial charge in [0.1, 0.15) is 0 Å². The Balaban J connectivity index is 0.00000462. The van der Waals surface area contributed by atoms with Crippen molar-refractivity contribution >= 4 is 54.9 Å². The van der Waals surface area contributed by atoms with Crippen molar-refractivity contribution in [1.82, 2.24) is 29.4 Å². The van der Waals surface area contributed by atoms with Crippen LogP contribution in [0.25, 0.3) is 0 Å². The Morgan fingerprint density at radius 1 is 0.277 bits per heavy atom. The van der Waals surface area contributed by atoms with E-state index in [1.165, 1.54) is 33.4 Å². The molecule has 0 bridgehead atoms. The van der Waals surface area contributed by atoms with Crippen molar-refractivity contribution < 1.29 is 37.7 Å². The molecule has 0 saturated carbocycles. The molecular formula is C54H72Li2N6Si3. The van der Waals surface area contributed by atoms with E-state index in [9.17, 15) is 0 Å². The van der Waals surface area contributed by atoms with Crippen molar-refractivity contribution in [3.05, 3.63) is 179 Å². The third kappa shape index (κ3) is 13.1. The molecule has 65 heavy (non-hydrogen) atoms. The summed E-state index contributed by atoms with van der Waals surface area (Å²) in [6.45, 7) is 5.23. The Labute approximate surface area is 421 Å². The van der Waals surface area contributed by atoms with E-state index in [1.54, 1.807) is 31.1 Å². The molecule has 0 unspecified atom stereocenters. The van der Waals surface area contributed by atoms with Gasteiger partial charge in [-0.05, 0) is 95.7 Å². The smallest absolute Gasteiger partial charge is 0.305 e. The van der Waals surface area contributed by atoms with Crippen molar-refractivity contribution in [1.29, 1.82) is 0 Å². The van der Waals surface area contributed by atoms with E-state index >= 15 is 0 Å². The van der Waals surface area contributed by atoms with E-state index in [-0.39, 0.29) is 37.7 Å². The number of benzene rings is 6.